The van der Waals surface area contributed by atoms with E-state index in [0.29, 0.717) is 5.02 Å². The monoisotopic (exact) mass is 253 g/mol. The van der Waals surface area contributed by atoms with Gasteiger partial charge in [0.25, 0.3) is 0 Å². The van der Waals surface area contributed by atoms with Crippen molar-refractivity contribution in [2.24, 2.45) is 5.92 Å². The maximum atomic E-state index is 10.1. The first-order chi connectivity index (χ1) is 8.15. The number of halogens is 1. The summed E-state index contributed by atoms with van der Waals surface area (Å²) in [6.45, 7) is 2.10. The van der Waals surface area contributed by atoms with Gasteiger partial charge in [0.05, 0.1) is 6.10 Å². The van der Waals surface area contributed by atoms with Gasteiger partial charge in [-0.2, -0.15) is 0 Å². The first-order valence-electron chi connectivity index (χ1n) is 6.27. The molecule has 1 saturated carbocycles. The van der Waals surface area contributed by atoms with Crippen LogP contribution in [0.3, 0.4) is 0 Å². The molecule has 0 amide bonds. The lowest BCUT2D eigenvalue weighted by Crippen LogP contribution is -2.23. The third-order valence-corrected chi connectivity index (χ3v) is 3.52. The van der Waals surface area contributed by atoms with Crippen LogP contribution in [-0.4, -0.2) is 30.1 Å². The van der Waals surface area contributed by atoms with E-state index in [9.17, 15) is 5.11 Å². The fourth-order valence-corrected chi connectivity index (χ4v) is 2.25. The fourth-order valence-electron chi connectivity index (χ4n) is 2.06. The molecule has 1 aliphatic rings. The van der Waals surface area contributed by atoms with E-state index in [-0.39, 0.29) is 0 Å². The van der Waals surface area contributed by atoms with E-state index < -0.39 is 6.10 Å². The second-order valence-electron chi connectivity index (χ2n) is 5.07. The summed E-state index contributed by atoms with van der Waals surface area (Å²) in [5, 5.41) is 10.7. The molecule has 3 heteroatoms. The average molecular weight is 254 g/mol. The van der Waals surface area contributed by atoms with Crippen LogP contribution in [0.1, 0.15) is 30.9 Å². The highest BCUT2D eigenvalue weighted by molar-refractivity contribution is 6.30. The first-order valence-corrected chi connectivity index (χ1v) is 6.65. The summed E-state index contributed by atoms with van der Waals surface area (Å²) in [4.78, 5) is 2.31. The Hall–Kier alpha value is -0.570. The summed E-state index contributed by atoms with van der Waals surface area (Å²) in [6, 6.07) is 7.48. The number of rotatable bonds is 6. The predicted molar refractivity (Wildman–Crippen MR) is 71.2 cm³/mol. The molecule has 1 aromatic rings. The average Bonchev–Trinajstić information content (AvgIpc) is 3.10. The number of benzene rings is 1. The lowest BCUT2D eigenvalue weighted by Gasteiger charge is -2.18. The molecule has 0 aromatic heterocycles. The lowest BCUT2D eigenvalue weighted by atomic mass is 10.1. The minimum absolute atomic E-state index is 0.407. The second kappa shape index (κ2) is 5.85. The molecule has 1 atom stereocenters. The molecular weight excluding hydrogens is 234 g/mol. The van der Waals surface area contributed by atoms with E-state index in [0.717, 1.165) is 24.4 Å². The van der Waals surface area contributed by atoms with Crippen molar-refractivity contribution < 1.29 is 5.11 Å². The highest BCUT2D eigenvalue weighted by atomic mass is 35.5. The second-order valence-corrected chi connectivity index (χ2v) is 5.50. The van der Waals surface area contributed by atoms with Crippen LogP contribution in [0.15, 0.2) is 24.3 Å². The molecule has 0 saturated heterocycles. The summed E-state index contributed by atoms with van der Waals surface area (Å²) in [7, 11) is 2.13. The molecule has 1 unspecified atom stereocenters. The van der Waals surface area contributed by atoms with Crippen LogP contribution in [0.5, 0.6) is 0 Å². The smallest absolute Gasteiger partial charge is 0.0802 e. The minimum Gasteiger partial charge on any atom is -0.388 e. The van der Waals surface area contributed by atoms with Crippen LogP contribution in [0.25, 0.3) is 0 Å². The zero-order valence-corrected chi connectivity index (χ0v) is 11.0. The van der Waals surface area contributed by atoms with Crippen molar-refractivity contribution in [3.05, 3.63) is 34.9 Å². The van der Waals surface area contributed by atoms with Gasteiger partial charge >= 0.3 is 0 Å². The molecule has 2 rings (SSSR count). The zero-order chi connectivity index (χ0) is 12.3. The third-order valence-electron chi connectivity index (χ3n) is 3.28. The van der Waals surface area contributed by atoms with Crippen LogP contribution in [0.4, 0.5) is 0 Å². The van der Waals surface area contributed by atoms with E-state index >= 15 is 0 Å². The van der Waals surface area contributed by atoms with Gasteiger partial charge in [-0.15, -0.1) is 0 Å². The molecule has 1 aromatic carbocycles. The van der Waals surface area contributed by atoms with Gasteiger partial charge in [-0.1, -0.05) is 23.7 Å². The molecule has 0 radical (unpaired) electrons. The molecule has 0 spiro atoms. The highest BCUT2D eigenvalue weighted by Gasteiger charge is 2.22. The Morgan fingerprint density at radius 2 is 2.24 bits per heavy atom. The van der Waals surface area contributed by atoms with E-state index in [4.69, 9.17) is 11.6 Å². The Bertz CT molecular complexity index is 365. The Morgan fingerprint density at radius 1 is 1.47 bits per heavy atom. The Balaban J connectivity index is 1.77. The summed E-state index contributed by atoms with van der Waals surface area (Å²) >= 11 is 5.91. The van der Waals surface area contributed by atoms with Gasteiger partial charge in [0, 0.05) is 18.1 Å². The number of nitrogens with zero attached hydrogens (tertiary/aromatic N) is 1. The van der Waals surface area contributed by atoms with Gasteiger partial charge in [0.1, 0.15) is 0 Å². The molecular formula is C14H20ClNO. The van der Waals surface area contributed by atoms with Gasteiger partial charge in [-0.05, 0) is 49.9 Å². The van der Waals surface area contributed by atoms with E-state index in [1.54, 1.807) is 0 Å². The maximum Gasteiger partial charge on any atom is 0.0802 e. The van der Waals surface area contributed by atoms with Gasteiger partial charge in [-0.25, -0.2) is 0 Å². The largest absolute Gasteiger partial charge is 0.388 e. The molecule has 1 N–H and O–H groups in total. The maximum absolute atomic E-state index is 10.1. The van der Waals surface area contributed by atoms with Crippen LogP contribution in [0.2, 0.25) is 5.02 Å². The quantitative estimate of drug-likeness (QED) is 0.842. The summed E-state index contributed by atoms with van der Waals surface area (Å²) in [5.74, 6) is 0.906. The zero-order valence-electron chi connectivity index (χ0n) is 10.3. The topological polar surface area (TPSA) is 23.5 Å². The van der Waals surface area contributed by atoms with Gasteiger partial charge in [0.15, 0.2) is 0 Å². The van der Waals surface area contributed by atoms with Crippen molar-refractivity contribution in [2.75, 3.05) is 20.1 Å². The molecule has 1 fully saturated rings. The molecule has 0 heterocycles. The summed E-state index contributed by atoms with van der Waals surface area (Å²) in [5.41, 5.74) is 0.914. The minimum atomic E-state index is -0.407. The first kappa shape index (κ1) is 12.9. The molecule has 1 aliphatic carbocycles. The summed E-state index contributed by atoms with van der Waals surface area (Å²) < 4.78 is 0. The molecule has 94 valence electrons. The predicted octanol–water partition coefficient (Wildman–Crippen LogP) is 3.11. The fraction of sp³-hybridized carbons (Fsp3) is 0.571. The van der Waals surface area contributed by atoms with Crippen molar-refractivity contribution in [3.8, 4) is 0 Å². The van der Waals surface area contributed by atoms with Crippen molar-refractivity contribution in [1.82, 2.24) is 4.90 Å². The highest BCUT2D eigenvalue weighted by Crippen LogP contribution is 2.29. The van der Waals surface area contributed by atoms with Crippen LogP contribution in [0, 0.1) is 5.92 Å². The molecule has 17 heavy (non-hydrogen) atoms. The van der Waals surface area contributed by atoms with E-state index in [1.165, 1.54) is 19.4 Å². The van der Waals surface area contributed by atoms with Crippen molar-refractivity contribution in [1.29, 1.82) is 0 Å². The normalized spacial score (nSPS) is 17.4. The summed E-state index contributed by atoms with van der Waals surface area (Å²) in [6.07, 6.45) is 3.11. The number of hydrogen-bond acceptors (Lipinski definition) is 2. The van der Waals surface area contributed by atoms with E-state index in [1.807, 2.05) is 24.3 Å². The SMILES string of the molecule is CN(CCC(O)c1cccc(Cl)c1)CC1CC1. The molecule has 0 bridgehead atoms. The Kier molecular flexibility index (Phi) is 4.43. The van der Waals surface area contributed by atoms with Crippen LogP contribution in [-0.2, 0) is 0 Å². The van der Waals surface area contributed by atoms with Crippen LogP contribution < -0.4 is 0 Å². The van der Waals surface area contributed by atoms with Gasteiger partial charge in [0.2, 0.25) is 0 Å². The Labute approximate surface area is 108 Å². The van der Waals surface area contributed by atoms with Gasteiger partial charge < -0.3 is 10.0 Å². The molecule has 0 aliphatic heterocycles. The molecule has 2 nitrogen and oxygen atoms in total. The third kappa shape index (κ3) is 4.30. The lowest BCUT2D eigenvalue weighted by molar-refractivity contribution is 0.148. The van der Waals surface area contributed by atoms with Crippen molar-refractivity contribution in [2.45, 2.75) is 25.4 Å². The number of hydrogen-bond donors (Lipinski definition) is 1. The number of aliphatic hydroxyl groups excluding tert-OH is 1. The van der Waals surface area contributed by atoms with Crippen molar-refractivity contribution in [3.63, 3.8) is 0 Å². The van der Waals surface area contributed by atoms with Crippen LogP contribution >= 0.6 is 11.6 Å². The van der Waals surface area contributed by atoms with Gasteiger partial charge in [-0.3, -0.25) is 0 Å². The van der Waals surface area contributed by atoms with E-state index in [2.05, 4.69) is 11.9 Å². The standard InChI is InChI=1S/C14H20ClNO/c1-16(10-11-5-6-11)8-7-14(17)12-3-2-4-13(15)9-12/h2-4,9,11,14,17H,5-8,10H2,1H3. The number of aliphatic hydroxyl groups is 1. The van der Waals surface area contributed by atoms with Crippen molar-refractivity contribution >= 4 is 11.6 Å². The Morgan fingerprint density at radius 3 is 2.88 bits per heavy atom.